The minimum absolute atomic E-state index is 0.0195. The molecule has 33 heavy (non-hydrogen) atoms. The monoisotopic (exact) mass is 452 g/mol. The summed E-state index contributed by atoms with van der Waals surface area (Å²) in [5.74, 6) is 0.915. The van der Waals surface area contributed by atoms with Gasteiger partial charge >= 0.3 is 0 Å². The topological polar surface area (TPSA) is 105 Å². The summed E-state index contributed by atoms with van der Waals surface area (Å²) in [5.41, 5.74) is 3.74. The first-order valence-corrected chi connectivity index (χ1v) is 11.6. The lowest BCUT2D eigenvalue weighted by molar-refractivity contribution is -0.384. The first-order valence-electron chi connectivity index (χ1n) is 12.1. The van der Waals surface area contributed by atoms with Crippen molar-refractivity contribution >= 4 is 11.4 Å². The van der Waals surface area contributed by atoms with Crippen molar-refractivity contribution in [2.75, 3.05) is 0 Å². The highest BCUT2D eigenvalue weighted by Crippen LogP contribution is 2.61. The predicted octanol–water partition coefficient (Wildman–Crippen LogP) is 5.20. The van der Waals surface area contributed by atoms with Crippen molar-refractivity contribution in [1.82, 2.24) is 0 Å². The number of benzene rings is 2. The fraction of sp³-hybridized carbons (Fsp3) is 0.500. The zero-order chi connectivity index (χ0) is 24.2. The Kier molecular flexibility index (Phi) is 5.09. The molecule has 2 aromatic rings. The van der Waals surface area contributed by atoms with Gasteiger partial charge < -0.3 is 15.1 Å². The van der Waals surface area contributed by atoms with Crippen LogP contribution in [0.4, 0.5) is 5.69 Å². The lowest BCUT2D eigenvalue weighted by Gasteiger charge is -2.50. The van der Waals surface area contributed by atoms with Crippen LogP contribution in [0.5, 0.6) is 5.75 Å². The molecule has 0 aliphatic heterocycles. The van der Waals surface area contributed by atoms with Crippen LogP contribution in [0.2, 0.25) is 0 Å². The van der Waals surface area contributed by atoms with Gasteiger partial charge in [-0.3, -0.25) is 10.1 Å². The molecule has 0 spiro atoms. The number of oxime groups is 1. The van der Waals surface area contributed by atoms with E-state index in [1.165, 1.54) is 12.1 Å². The number of aliphatic hydroxyl groups excluding tert-OH is 1. The maximum absolute atomic E-state index is 10.9. The van der Waals surface area contributed by atoms with E-state index in [1.54, 1.807) is 12.1 Å². The van der Waals surface area contributed by atoms with Crippen LogP contribution in [-0.4, -0.2) is 27.0 Å². The first kappa shape index (κ1) is 20.7. The van der Waals surface area contributed by atoms with Crippen LogP contribution < -0.4 is 0 Å². The van der Waals surface area contributed by atoms with Crippen molar-refractivity contribution < 1.29 is 21.3 Å². The van der Waals surface area contributed by atoms with E-state index in [9.17, 15) is 20.3 Å². The number of fused-ring (bicyclic) bond motifs is 5. The third-order valence-corrected chi connectivity index (χ3v) is 8.33. The standard InChI is InChI=1S/C26H30N2O5/c1-15-11-19-18-9-10-26(2)22(7-8-25(26)30)20(18)12-23(21(19)13-24(15)29)27-33-14-16-3-5-17(6-4-16)28(31)32/h3-6,11,13,18,20,22,25,29-30H,7-10,12,14H2,1-2H3/b27-23+/t18?,20?,22?,25?,26-/m0/s1/i13T. The minimum atomic E-state index is -0.442. The average molecular weight is 453 g/mol. The summed E-state index contributed by atoms with van der Waals surface area (Å²) in [6.45, 7) is 4.18. The van der Waals surface area contributed by atoms with E-state index >= 15 is 0 Å². The van der Waals surface area contributed by atoms with Crippen LogP contribution in [0.15, 0.2) is 41.5 Å². The molecule has 174 valence electrons. The van der Waals surface area contributed by atoms with Crippen LogP contribution in [0, 0.1) is 34.3 Å². The lowest BCUT2D eigenvalue weighted by Crippen LogP contribution is -2.45. The number of nitrogens with zero attached hydrogens (tertiary/aromatic N) is 2. The molecule has 7 nitrogen and oxygen atoms in total. The Bertz CT molecular complexity index is 1160. The van der Waals surface area contributed by atoms with E-state index in [0.717, 1.165) is 36.8 Å². The van der Waals surface area contributed by atoms with Crippen LogP contribution in [0.25, 0.3) is 0 Å². The number of hydrogen-bond acceptors (Lipinski definition) is 6. The molecule has 2 saturated carbocycles. The molecule has 5 atom stereocenters. The maximum Gasteiger partial charge on any atom is 0.269 e. The molecule has 2 N–H and O–H groups in total. The normalized spacial score (nSPS) is 32.0. The van der Waals surface area contributed by atoms with Crippen molar-refractivity contribution in [3.8, 4) is 5.75 Å². The van der Waals surface area contributed by atoms with Crippen LogP contribution >= 0.6 is 0 Å². The summed E-state index contributed by atoms with van der Waals surface area (Å²) in [4.78, 5) is 16.1. The molecule has 0 heterocycles. The highest BCUT2D eigenvalue weighted by atomic mass is 16.6. The third kappa shape index (κ3) is 3.68. The largest absolute Gasteiger partial charge is 0.508 e. The number of aromatic hydroxyl groups is 1. The molecule has 3 aliphatic carbocycles. The van der Waals surface area contributed by atoms with Gasteiger partial charge in [0.1, 0.15) is 12.4 Å². The number of aryl methyl sites for hydroxylation is 1. The van der Waals surface area contributed by atoms with Crippen molar-refractivity contribution in [3.05, 3.63) is 68.7 Å². The third-order valence-electron chi connectivity index (χ3n) is 8.33. The number of non-ortho nitro benzene ring substituents is 1. The van der Waals surface area contributed by atoms with Gasteiger partial charge in [0.05, 0.1) is 18.1 Å². The van der Waals surface area contributed by atoms with Gasteiger partial charge in [-0.05, 0) is 97.1 Å². The Morgan fingerprint density at radius 1 is 1.30 bits per heavy atom. The molecule has 4 unspecified atom stereocenters. The van der Waals surface area contributed by atoms with E-state index < -0.39 is 4.92 Å². The molecule has 0 aromatic heterocycles. The Hall–Kier alpha value is -2.93. The minimum Gasteiger partial charge on any atom is -0.508 e. The van der Waals surface area contributed by atoms with Gasteiger partial charge in [-0.1, -0.05) is 18.1 Å². The molecule has 0 amide bonds. The van der Waals surface area contributed by atoms with Gasteiger partial charge in [-0.15, -0.1) is 0 Å². The molecular formula is C26H30N2O5. The fourth-order valence-electron chi connectivity index (χ4n) is 6.43. The molecular weight excluding hydrogens is 420 g/mol. The number of phenols is 1. The highest BCUT2D eigenvalue weighted by Gasteiger charge is 2.55. The Labute approximate surface area is 194 Å². The second-order valence-corrected chi connectivity index (χ2v) is 10.1. The Morgan fingerprint density at radius 2 is 2.06 bits per heavy atom. The van der Waals surface area contributed by atoms with E-state index in [0.29, 0.717) is 35.1 Å². The van der Waals surface area contributed by atoms with Gasteiger partial charge in [0, 0.05) is 17.7 Å². The van der Waals surface area contributed by atoms with Crippen molar-refractivity contribution in [3.63, 3.8) is 0 Å². The zero-order valence-corrected chi connectivity index (χ0v) is 19.0. The molecule has 0 radical (unpaired) electrons. The molecule has 3 aliphatic rings. The molecule has 7 heteroatoms. The number of phenolic OH excluding ortho intramolecular Hbond substituents is 1. The number of nitro groups is 1. The quantitative estimate of drug-likeness (QED) is 0.490. The lowest BCUT2D eigenvalue weighted by atomic mass is 9.55. The van der Waals surface area contributed by atoms with E-state index in [4.69, 9.17) is 6.21 Å². The summed E-state index contributed by atoms with van der Waals surface area (Å²) >= 11 is 0. The summed E-state index contributed by atoms with van der Waals surface area (Å²) in [6.07, 6.45) is 4.05. The van der Waals surface area contributed by atoms with Gasteiger partial charge in [0.15, 0.2) is 0 Å². The SMILES string of the molecule is [3H]c1c(O)c(C)cc2c1/C(=N/OCc1ccc([N+](=O)[O-])cc1)CC1C2CC[C@]2(C)C(O)CCC12. The predicted molar refractivity (Wildman–Crippen MR) is 124 cm³/mol. The molecule has 5 rings (SSSR count). The van der Waals surface area contributed by atoms with Crippen LogP contribution in [-0.2, 0) is 11.4 Å². The summed E-state index contributed by atoms with van der Waals surface area (Å²) in [6, 6.07) is 8.24. The van der Waals surface area contributed by atoms with Crippen molar-refractivity contribution in [2.24, 2.45) is 22.4 Å². The molecule has 0 saturated heterocycles. The van der Waals surface area contributed by atoms with Gasteiger partial charge in [0.25, 0.3) is 5.69 Å². The van der Waals surface area contributed by atoms with Gasteiger partial charge in [-0.2, -0.15) is 0 Å². The zero-order valence-electron chi connectivity index (χ0n) is 20.0. The average Bonchev–Trinajstić information content (AvgIpc) is 3.12. The van der Waals surface area contributed by atoms with Crippen LogP contribution in [0.3, 0.4) is 0 Å². The van der Waals surface area contributed by atoms with E-state index in [2.05, 4.69) is 12.1 Å². The summed E-state index contributed by atoms with van der Waals surface area (Å²) < 4.78 is 8.64. The Morgan fingerprint density at radius 3 is 2.79 bits per heavy atom. The van der Waals surface area contributed by atoms with Gasteiger partial charge in [0.2, 0.25) is 0 Å². The fourth-order valence-corrected chi connectivity index (χ4v) is 6.43. The number of aliphatic hydroxyl groups is 1. The highest BCUT2D eigenvalue weighted by molar-refractivity contribution is 6.03. The first-order chi connectivity index (χ1) is 16.2. The molecule has 0 bridgehead atoms. The molecule has 2 aromatic carbocycles. The number of rotatable bonds is 4. The number of hydrogen-bond donors (Lipinski definition) is 2. The van der Waals surface area contributed by atoms with Crippen LogP contribution in [0.1, 0.15) is 68.6 Å². The summed E-state index contributed by atoms with van der Waals surface area (Å²) in [7, 11) is 0. The van der Waals surface area contributed by atoms with E-state index in [-0.39, 0.29) is 41.5 Å². The maximum atomic E-state index is 10.9. The van der Waals surface area contributed by atoms with Crippen molar-refractivity contribution in [1.29, 1.82) is 0 Å². The summed E-state index contributed by atoms with van der Waals surface area (Å²) in [5, 5.41) is 36.5. The van der Waals surface area contributed by atoms with E-state index in [1.807, 2.05) is 13.0 Å². The Balaban J connectivity index is 1.48. The van der Waals surface area contributed by atoms with Gasteiger partial charge in [-0.25, -0.2) is 0 Å². The smallest absolute Gasteiger partial charge is 0.269 e. The second-order valence-electron chi connectivity index (χ2n) is 10.1. The van der Waals surface area contributed by atoms with Crippen molar-refractivity contribution in [2.45, 2.75) is 64.6 Å². The molecule has 2 fully saturated rings. The second kappa shape index (κ2) is 8.13. The number of nitro benzene ring substituents is 1.